The zero-order chi connectivity index (χ0) is 10.8. The summed E-state index contributed by atoms with van der Waals surface area (Å²) in [7, 11) is 0. The van der Waals surface area contributed by atoms with Crippen LogP contribution in [-0.2, 0) is 4.79 Å². The highest BCUT2D eigenvalue weighted by Crippen LogP contribution is 2.36. The van der Waals surface area contributed by atoms with E-state index in [9.17, 15) is 4.79 Å². The van der Waals surface area contributed by atoms with Crippen molar-refractivity contribution in [2.24, 2.45) is 11.8 Å². The average Bonchev–Trinajstić information content (AvgIpc) is 2.27. The molecule has 1 aliphatic carbocycles. The lowest BCUT2D eigenvalue weighted by Gasteiger charge is -2.41. The van der Waals surface area contributed by atoms with Gasteiger partial charge in [-0.25, -0.2) is 0 Å². The standard InChI is InChI=1S/C13H21NO.H2/c1-10(2)13(15)14-8-7-11-5-3-4-6-12(11)9-14;/h11-12H,1,3-9H2,2H3;1H/t11-,12?;/m1./s1. The molecule has 0 bridgehead atoms. The lowest BCUT2D eigenvalue weighted by molar-refractivity contribution is -0.130. The Morgan fingerprint density at radius 1 is 1.27 bits per heavy atom. The van der Waals surface area contributed by atoms with Crippen LogP contribution in [0.5, 0.6) is 0 Å². The first kappa shape index (κ1) is 10.7. The van der Waals surface area contributed by atoms with Gasteiger partial charge in [0.15, 0.2) is 0 Å². The van der Waals surface area contributed by atoms with Crippen LogP contribution in [0.2, 0.25) is 0 Å². The van der Waals surface area contributed by atoms with Crippen LogP contribution < -0.4 is 0 Å². The van der Waals surface area contributed by atoms with Crippen LogP contribution in [0.15, 0.2) is 12.2 Å². The van der Waals surface area contributed by atoms with Gasteiger partial charge in [0.2, 0.25) is 5.91 Å². The summed E-state index contributed by atoms with van der Waals surface area (Å²) in [5, 5.41) is 0. The van der Waals surface area contributed by atoms with Crippen LogP contribution in [-0.4, -0.2) is 23.9 Å². The third-order valence-corrected chi connectivity index (χ3v) is 3.94. The largest absolute Gasteiger partial charge is 0.339 e. The number of carbonyl (C=O) groups is 1. The molecule has 1 unspecified atom stereocenters. The second kappa shape index (κ2) is 4.38. The van der Waals surface area contributed by atoms with Gasteiger partial charge in [-0.2, -0.15) is 0 Å². The summed E-state index contributed by atoms with van der Waals surface area (Å²) in [6.07, 6.45) is 6.68. The van der Waals surface area contributed by atoms with E-state index >= 15 is 0 Å². The molecule has 1 amide bonds. The number of amides is 1. The second-order valence-corrected chi connectivity index (χ2v) is 5.12. The van der Waals surface area contributed by atoms with Gasteiger partial charge in [-0.05, 0) is 31.6 Å². The molecule has 1 saturated heterocycles. The van der Waals surface area contributed by atoms with E-state index in [0.717, 1.165) is 24.9 Å². The van der Waals surface area contributed by atoms with Gasteiger partial charge in [0.1, 0.15) is 0 Å². The SMILES string of the molecule is C=C(C)C(=O)N1CC[C@H]2CCCCC2C1.[HH]. The van der Waals surface area contributed by atoms with Crippen molar-refractivity contribution in [2.45, 2.75) is 39.0 Å². The number of piperidine rings is 1. The number of nitrogens with zero attached hydrogens (tertiary/aromatic N) is 1. The van der Waals surface area contributed by atoms with E-state index in [1.807, 2.05) is 11.8 Å². The molecule has 15 heavy (non-hydrogen) atoms. The van der Waals surface area contributed by atoms with Crippen LogP contribution >= 0.6 is 0 Å². The van der Waals surface area contributed by atoms with E-state index < -0.39 is 0 Å². The highest BCUT2D eigenvalue weighted by molar-refractivity contribution is 5.92. The Kier molecular flexibility index (Phi) is 3.13. The van der Waals surface area contributed by atoms with Crippen LogP contribution in [0.1, 0.15) is 40.5 Å². The highest BCUT2D eigenvalue weighted by atomic mass is 16.2. The Bertz CT molecular complexity index is 277. The predicted molar refractivity (Wildman–Crippen MR) is 63.6 cm³/mol. The third kappa shape index (κ3) is 2.24. The zero-order valence-electron chi connectivity index (χ0n) is 9.67. The van der Waals surface area contributed by atoms with E-state index in [1.165, 1.54) is 32.1 Å². The van der Waals surface area contributed by atoms with Crippen molar-refractivity contribution in [1.29, 1.82) is 0 Å². The molecule has 2 atom stereocenters. The van der Waals surface area contributed by atoms with E-state index in [1.54, 1.807) is 0 Å². The molecule has 86 valence electrons. The highest BCUT2D eigenvalue weighted by Gasteiger charge is 2.32. The van der Waals surface area contributed by atoms with Gasteiger partial charge in [-0.15, -0.1) is 0 Å². The maximum Gasteiger partial charge on any atom is 0.248 e. The van der Waals surface area contributed by atoms with Gasteiger partial charge < -0.3 is 4.90 Å². The van der Waals surface area contributed by atoms with Crippen molar-refractivity contribution in [3.8, 4) is 0 Å². The Hall–Kier alpha value is -0.790. The lowest BCUT2D eigenvalue weighted by Crippen LogP contribution is -2.44. The van der Waals surface area contributed by atoms with Crippen molar-refractivity contribution in [3.63, 3.8) is 0 Å². The van der Waals surface area contributed by atoms with Gasteiger partial charge in [-0.1, -0.05) is 25.8 Å². The fourth-order valence-corrected chi connectivity index (χ4v) is 3.06. The summed E-state index contributed by atoms with van der Waals surface area (Å²) >= 11 is 0. The molecule has 2 aliphatic rings. The fraction of sp³-hybridized carbons (Fsp3) is 0.769. The van der Waals surface area contributed by atoms with Gasteiger partial charge in [0.05, 0.1) is 0 Å². The molecule has 0 aromatic rings. The quantitative estimate of drug-likeness (QED) is 0.608. The summed E-state index contributed by atoms with van der Waals surface area (Å²) in [4.78, 5) is 13.8. The predicted octanol–water partition coefficient (Wildman–Crippen LogP) is 2.85. The maximum atomic E-state index is 11.8. The Balaban J connectivity index is 0.00000128. The molecule has 1 heterocycles. The first-order chi connectivity index (χ1) is 7.18. The molecular formula is C13H23NO. The van der Waals surface area contributed by atoms with Gasteiger partial charge in [0.25, 0.3) is 0 Å². The molecule has 2 fully saturated rings. The number of hydrogen-bond donors (Lipinski definition) is 0. The minimum atomic E-state index is 0. The van der Waals surface area contributed by atoms with Crippen molar-refractivity contribution in [2.75, 3.05) is 13.1 Å². The van der Waals surface area contributed by atoms with E-state index in [0.29, 0.717) is 5.57 Å². The Labute approximate surface area is 93.8 Å². The van der Waals surface area contributed by atoms with E-state index in [2.05, 4.69) is 6.58 Å². The lowest BCUT2D eigenvalue weighted by atomic mass is 9.75. The minimum absolute atomic E-state index is 0. The zero-order valence-corrected chi connectivity index (χ0v) is 9.67. The first-order valence-corrected chi connectivity index (χ1v) is 6.13. The van der Waals surface area contributed by atoms with Crippen LogP contribution in [0, 0.1) is 11.8 Å². The number of hydrogen-bond acceptors (Lipinski definition) is 1. The molecule has 1 aliphatic heterocycles. The summed E-state index contributed by atoms with van der Waals surface area (Å²) in [5.74, 6) is 1.84. The maximum absolute atomic E-state index is 11.8. The summed E-state index contributed by atoms with van der Waals surface area (Å²) in [5.41, 5.74) is 0.684. The molecule has 2 rings (SSSR count). The number of rotatable bonds is 1. The van der Waals surface area contributed by atoms with Crippen LogP contribution in [0.25, 0.3) is 0 Å². The molecule has 0 spiro atoms. The molecular weight excluding hydrogens is 186 g/mol. The van der Waals surface area contributed by atoms with Crippen molar-refractivity contribution < 1.29 is 6.22 Å². The summed E-state index contributed by atoms with van der Waals surface area (Å²) in [6, 6.07) is 0. The number of likely N-dealkylation sites (tertiary alicyclic amines) is 1. The van der Waals surface area contributed by atoms with Gasteiger partial charge in [0, 0.05) is 20.1 Å². The molecule has 0 N–H and O–H groups in total. The Morgan fingerprint density at radius 3 is 2.60 bits per heavy atom. The Morgan fingerprint density at radius 2 is 1.93 bits per heavy atom. The number of fused-ring (bicyclic) bond motifs is 1. The molecule has 2 heteroatoms. The topological polar surface area (TPSA) is 20.3 Å². The monoisotopic (exact) mass is 209 g/mol. The van der Waals surface area contributed by atoms with Gasteiger partial charge >= 0.3 is 0 Å². The molecule has 0 aromatic heterocycles. The molecule has 2 nitrogen and oxygen atoms in total. The molecule has 0 radical (unpaired) electrons. The minimum Gasteiger partial charge on any atom is -0.339 e. The molecule has 1 saturated carbocycles. The van der Waals surface area contributed by atoms with E-state index in [4.69, 9.17) is 0 Å². The fourth-order valence-electron chi connectivity index (χ4n) is 3.06. The normalized spacial score (nSPS) is 30.9. The van der Waals surface area contributed by atoms with Crippen LogP contribution in [0.3, 0.4) is 0 Å². The van der Waals surface area contributed by atoms with Gasteiger partial charge in [-0.3, -0.25) is 4.79 Å². The summed E-state index contributed by atoms with van der Waals surface area (Å²) in [6.45, 7) is 7.49. The number of carbonyl (C=O) groups excluding carboxylic acids is 1. The first-order valence-electron chi connectivity index (χ1n) is 6.13. The van der Waals surface area contributed by atoms with Crippen molar-refractivity contribution >= 4 is 5.91 Å². The smallest absolute Gasteiger partial charge is 0.248 e. The summed E-state index contributed by atoms with van der Waals surface area (Å²) < 4.78 is 0. The molecule has 0 aromatic carbocycles. The van der Waals surface area contributed by atoms with Crippen molar-refractivity contribution in [1.82, 2.24) is 4.90 Å². The van der Waals surface area contributed by atoms with Crippen molar-refractivity contribution in [3.05, 3.63) is 12.2 Å². The second-order valence-electron chi connectivity index (χ2n) is 5.12. The van der Waals surface area contributed by atoms with Crippen LogP contribution in [0.4, 0.5) is 0 Å². The average molecular weight is 209 g/mol. The van der Waals surface area contributed by atoms with E-state index in [-0.39, 0.29) is 7.33 Å². The third-order valence-electron chi connectivity index (χ3n) is 3.94.